The minimum Gasteiger partial charge on any atom is -0.391 e. The molecule has 0 unspecified atom stereocenters. The average molecular weight is 220 g/mol. The van der Waals surface area contributed by atoms with E-state index in [0.29, 0.717) is 5.91 Å². The summed E-state index contributed by atoms with van der Waals surface area (Å²) in [6.45, 7) is 3.02. The van der Waals surface area contributed by atoms with E-state index in [9.17, 15) is 4.79 Å². The number of amides is 1. The third-order valence-corrected chi connectivity index (χ3v) is 3.46. The Morgan fingerprint density at radius 2 is 2.06 bits per heavy atom. The molecule has 1 fully saturated rings. The predicted octanol–water partition coefficient (Wildman–Crippen LogP) is 2.17. The quantitative estimate of drug-likeness (QED) is 0.773. The van der Waals surface area contributed by atoms with E-state index in [2.05, 4.69) is 18.3 Å². The molecule has 3 nitrogen and oxygen atoms in total. The molecule has 1 heterocycles. The van der Waals surface area contributed by atoms with Crippen LogP contribution < -0.4 is 5.32 Å². The summed E-state index contributed by atoms with van der Waals surface area (Å²) in [5, 5.41) is 3.22. The zero-order valence-electron chi connectivity index (χ0n) is 10.2. The summed E-state index contributed by atoms with van der Waals surface area (Å²) in [6, 6.07) is 0. The first-order chi connectivity index (χ1) is 7.72. The zero-order valence-corrected chi connectivity index (χ0v) is 10.2. The van der Waals surface area contributed by atoms with E-state index in [0.717, 1.165) is 38.6 Å². The number of nitrogens with one attached hydrogen (secondary N) is 1. The fourth-order valence-electron chi connectivity index (χ4n) is 2.50. The number of carbonyl (C=O) groups is 1. The zero-order chi connectivity index (χ0) is 11.5. The molecule has 0 aromatic rings. The lowest BCUT2D eigenvalue weighted by Crippen LogP contribution is -2.35. The molecule has 0 aromatic carbocycles. The molecular weight excluding hydrogens is 200 g/mol. The van der Waals surface area contributed by atoms with Gasteiger partial charge in [-0.25, -0.2) is 0 Å². The second-order valence-electron chi connectivity index (χ2n) is 4.55. The molecular formula is C13H20N2O. The maximum absolute atomic E-state index is 11.8. The Morgan fingerprint density at radius 3 is 2.69 bits per heavy atom. The Balaban J connectivity index is 2.16. The third kappa shape index (κ3) is 2.13. The van der Waals surface area contributed by atoms with Crippen LogP contribution in [0.2, 0.25) is 0 Å². The molecule has 0 bridgehead atoms. The molecule has 1 amide bonds. The Bertz CT molecular complexity index is 355. The summed E-state index contributed by atoms with van der Waals surface area (Å²) in [7, 11) is 1.96. The van der Waals surface area contributed by atoms with Gasteiger partial charge in [-0.1, -0.05) is 0 Å². The maximum atomic E-state index is 11.8. The first-order valence-electron chi connectivity index (χ1n) is 6.11. The number of hydrogen-bond donors (Lipinski definition) is 1. The van der Waals surface area contributed by atoms with Crippen LogP contribution in [0.1, 0.15) is 39.0 Å². The van der Waals surface area contributed by atoms with Crippen molar-refractivity contribution in [2.75, 3.05) is 13.6 Å². The summed E-state index contributed by atoms with van der Waals surface area (Å²) < 4.78 is 0. The highest BCUT2D eigenvalue weighted by molar-refractivity contribution is 5.78. The number of piperidine rings is 1. The number of carbonyl (C=O) groups excluding carboxylic acids is 1. The highest BCUT2D eigenvalue weighted by Crippen LogP contribution is 2.27. The van der Waals surface area contributed by atoms with E-state index in [-0.39, 0.29) is 0 Å². The van der Waals surface area contributed by atoms with Crippen LogP contribution in [0.3, 0.4) is 0 Å². The van der Waals surface area contributed by atoms with Crippen LogP contribution in [-0.2, 0) is 4.79 Å². The van der Waals surface area contributed by atoms with Gasteiger partial charge in [0.15, 0.2) is 0 Å². The smallest absolute Gasteiger partial charge is 0.226 e. The molecule has 2 aliphatic rings. The number of hydrogen-bond acceptors (Lipinski definition) is 2. The molecule has 1 aliphatic heterocycles. The van der Waals surface area contributed by atoms with E-state index in [1.807, 2.05) is 11.9 Å². The highest BCUT2D eigenvalue weighted by atomic mass is 16.2. The van der Waals surface area contributed by atoms with Gasteiger partial charge in [-0.2, -0.15) is 0 Å². The Kier molecular flexibility index (Phi) is 3.32. The van der Waals surface area contributed by atoms with Gasteiger partial charge in [-0.15, -0.1) is 0 Å². The van der Waals surface area contributed by atoms with Crippen LogP contribution in [0.4, 0.5) is 0 Å². The Hall–Kier alpha value is -1.25. The van der Waals surface area contributed by atoms with Crippen LogP contribution in [0, 0.1) is 0 Å². The van der Waals surface area contributed by atoms with Crippen molar-refractivity contribution in [1.82, 2.24) is 10.2 Å². The standard InChI is InChI=1S/C13H20N2O/c1-10-9-11(6-7-12(10)14-2)15-8-4-3-5-13(15)16/h9,14H,3-8H2,1-2H3. The fraction of sp³-hybridized carbons (Fsp3) is 0.615. The summed E-state index contributed by atoms with van der Waals surface area (Å²) in [6.07, 6.45) is 7.10. The van der Waals surface area contributed by atoms with E-state index < -0.39 is 0 Å². The van der Waals surface area contributed by atoms with Crippen LogP contribution in [0.15, 0.2) is 23.0 Å². The van der Waals surface area contributed by atoms with Gasteiger partial charge in [-0.05, 0) is 44.3 Å². The molecule has 1 N–H and O–H groups in total. The summed E-state index contributed by atoms with van der Waals surface area (Å²) in [4.78, 5) is 13.8. The lowest BCUT2D eigenvalue weighted by molar-refractivity contribution is -0.131. The lowest BCUT2D eigenvalue weighted by atomic mass is 9.99. The molecule has 1 aliphatic carbocycles. The molecule has 0 atom stereocenters. The van der Waals surface area contributed by atoms with Crippen molar-refractivity contribution in [3.05, 3.63) is 23.0 Å². The second kappa shape index (κ2) is 4.73. The van der Waals surface area contributed by atoms with Crippen molar-refractivity contribution in [1.29, 1.82) is 0 Å². The maximum Gasteiger partial charge on any atom is 0.226 e. The van der Waals surface area contributed by atoms with Crippen LogP contribution >= 0.6 is 0 Å². The summed E-state index contributed by atoms with van der Waals surface area (Å²) in [5.41, 5.74) is 3.77. The summed E-state index contributed by atoms with van der Waals surface area (Å²) in [5.74, 6) is 0.304. The van der Waals surface area contributed by atoms with Crippen molar-refractivity contribution in [3.63, 3.8) is 0 Å². The molecule has 0 radical (unpaired) electrons. The van der Waals surface area contributed by atoms with Gasteiger partial charge in [0.25, 0.3) is 0 Å². The van der Waals surface area contributed by atoms with Crippen molar-refractivity contribution >= 4 is 5.91 Å². The Morgan fingerprint density at radius 1 is 1.25 bits per heavy atom. The fourth-order valence-corrected chi connectivity index (χ4v) is 2.50. The van der Waals surface area contributed by atoms with Gasteiger partial charge in [0.1, 0.15) is 0 Å². The number of allylic oxidation sites excluding steroid dienone is 4. The highest BCUT2D eigenvalue weighted by Gasteiger charge is 2.23. The topological polar surface area (TPSA) is 32.3 Å². The molecule has 0 spiro atoms. The van der Waals surface area contributed by atoms with Gasteiger partial charge in [-0.3, -0.25) is 4.79 Å². The number of nitrogens with zero attached hydrogens (tertiary/aromatic N) is 1. The number of rotatable bonds is 2. The van der Waals surface area contributed by atoms with Crippen LogP contribution in [-0.4, -0.2) is 24.4 Å². The van der Waals surface area contributed by atoms with E-state index >= 15 is 0 Å². The Labute approximate surface area is 97.2 Å². The van der Waals surface area contributed by atoms with Crippen molar-refractivity contribution in [2.24, 2.45) is 0 Å². The average Bonchev–Trinajstić information content (AvgIpc) is 2.29. The van der Waals surface area contributed by atoms with Gasteiger partial charge in [0, 0.05) is 31.4 Å². The lowest BCUT2D eigenvalue weighted by Gasteiger charge is -2.31. The largest absolute Gasteiger partial charge is 0.391 e. The third-order valence-electron chi connectivity index (χ3n) is 3.46. The van der Waals surface area contributed by atoms with Gasteiger partial charge >= 0.3 is 0 Å². The second-order valence-corrected chi connectivity index (χ2v) is 4.55. The van der Waals surface area contributed by atoms with Crippen molar-refractivity contribution in [2.45, 2.75) is 39.0 Å². The van der Waals surface area contributed by atoms with Gasteiger partial charge < -0.3 is 10.2 Å². The van der Waals surface area contributed by atoms with E-state index in [4.69, 9.17) is 0 Å². The summed E-state index contributed by atoms with van der Waals surface area (Å²) >= 11 is 0. The molecule has 3 heteroatoms. The minimum atomic E-state index is 0.304. The molecule has 0 aromatic heterocycles. The molecule has 0 saturated carbocycles. The molecule has 1 saturated heterocycles. The van der Waals surface area contributed by atoms with E-state index in [1.165, 1.54) is 17.0 Å². The SMILES string of the molecule is CNC1=C(C)C=C(N2CCCCC2=O)CC1. The van der Waals surface area contributed by atoms with Gasteiger partial charge in [0.2, 0.25) is 5.91 Å². The monoisotopic (exact) mass is 220 g/mol. The molecule has 88 valence electrons. The van der Waals surface area contributed by atoms with Crippen LogP contribution in [0.5, 0.6) is 0 Å². The minimum absolute atomic E-state index is 0.304. The van der Waals surface area contributed by atoms with E-state index in [1.54, 1.807) is 0 Å². The predicted molar refractivity (Wildman–Crippen MR) is 64.6 cm³/mol. The number of likely N-dealkylation sites (tertiary alicyclic amines) is 1. The normalized spacial score (nSPS) is 22.2. The first kappa shape index (κ1) is 11.2. The van der Waals surface area contributed by atoms with Crippen LogP contribution in [0.25, 0.3) is 0 Å². The first-order valence-corrected chi connectivity index (χ1v) is 6.11. The van der Waals surface area contributed by atoms with Gasteiger partial charge in [0.05, 0.1) is 0 Å². The molecule has 2 rings (SSSR count). The molecule has 16 heavy (non-hydrogen) atoms. The van der Waals surface area contributed by atoms with Crippen molar-refractivity contribution in [3.8, 4) is 0 Å². The van der Waals surface area contributed by atoms with Crippen molar-refractivity contribution < 1.29 is 4.79 Å².